The molecular weight excluding hydrogens is 304 g/mol. The van der Waals surface area contributed by atoms with Crippen molar-refractivity contribution < 1.29 is 0 Å². The number of fused-ring (bicyclic) bond motifs is 1. The second-order valence-electron chi connectivity index (χ2n) is 4.97. The molecule has 5 heteroatoms. The summed E-state index contributed by atoms with van der Waals surface area (Å²) in [5, 5.41) is 3.46. The van der Waals surface area contributed by atoms with Gasteiger partial charge in [-0.3, -0.25) is 0 Å². The molecule has 2 aromatic rings. The summed E-state index contributed by atoms with van der Waals surface area (Å²) in [4.78, 5) is 8.82. The molecule has 1 unspecified atom stereocenters. The molecule has 0 aliphatic carbocycles. The van der Waals surface area contributed by atoms with Crippen molar-refractivity contribution >= 4 is 27.4 Å². The van der Waals surface area contributed by atoms with Gasteiger partial charge in [-0.25, -0.2) is 9.97 Å². The monoisotopic (exact) mass is 324 g/mol. The quantitative estimate of drug-likeness (QED) is 0.773. The van der Waals surface area contributed by atoms with Crippen LogP contribution in [0, 0.1) is 0 Å². The number of hydrogen-bond acceptors (Lipinski definition) is 3. The minimum absolute atomic E-state index is 0.416. The molecule has 0 saturated heterocycles. The molecule has 0 spiro atoms. The molecular formula is C14H21BrN4. The molecule has 0 aliphatic rings. The van der Waals surface area contributed by atoms with Gasteiger partial charge < -0.3 is 9.72 Å². The third-order valence-corrected chi connectivity index (χ3v) is 3.60. The lowest BCUT2D eigenvalue weighted by Crippen LogP contribution is -2.16. The maximum Gasteiger partial charge on any atom is 0.180 e. The fourth-order valence-corrected chi connectivity index (χ4v) is 2.58. The molecule has 0 radical (unpaired) electrons. The van der Waals surface area contributed by atoms with Crippen LogP contribution in [0.2, 0.25) is 0 Å². The fraction of sp³-hybridized carbons (Fsp3) is 0.571. The van der Waals surface area contributed by atoms with Gasteiger partial charge in [-0.15, -0.1) is 0 Å². The van der Waals surface area contributed by atoms with E-state index in [0.717, 1.165) is 16.1 Å². The first-order valence-corrected chi connectivity index (χ1v) is 7.75. The Morgan fingerprint density at radius 3 is 3.00 bits per heavy atom. The van der Waals surface area contributed by atoms with Gasteiger partial charge in [0.2, 0.25) is 0 Å². The fourth-order valence-electron chi connectivity index (χ4n) is 2.18. The average Bonchev–Trinajstić information content (AvgIpc) is 2.82. The van der Waals surface area contributed by atoms with Gasteiger partial charge in [-0.2, -0.15) is 0 Å². The van der Waals surface area contributed by atoms with Gasteiger partial charge in [0.05, 0.1) is 0 Å². The molecule has 0 aliphatic heterocycles. The number of halogens is 1. The molecule has 104 valence electrons. The van der Waals surface area contributed by atoms with E-state index in [-0.39, 0.29) is 0 Å². The van der Waals surface area contributed by atoms with Gasteiger partial charge in [0.15, 0.2) is 11.5 Å². The van der Waals surface area contributed by atoms with Gasteiger partial charge in [-0.1, -0.05) is 32.6 Å². The van der Waals surface area contributed by atoms with Crippen molar-refractivity contribution in [3.8, 4) is 0 Å². The van der Waals surface area contributed by atoms with E-state index in [1.807, 2.05) is 16.8 Å². The maximum absolute atomic E-state index is 4.48. The number of unbranched alkanes of at least 4 members (excludes halogenated alkanes) is 3. The Morgan fingerprint density at radius 1 is 1.37 bits per heavy atom. The first-order valence-electron chi connectivity index (χ1n) is 6.96. The number of nitrogens with one attached hydrogen (secondary N) is 1. The summed E-state index contributed by atoms with van der Waals surface area (Å²) >= 11 is 3.43. The van der Waals surface area contributed by atoms with Crippen molar-refractivity contribution in [1.29, 1.82) is 0 Å². The van der Waals surface area contributed by atoms with Crippen LogP contribution in [0.1, 0.15) is 46.0 Å². The highest BCUT2D eigenvalue weighted by Gasteiger charge is 2.09. The molecule has 1 atom stereocenters. The van der Waals surface area contributed by atoms with Crippen molar-refractivity contribution in [3.05, 3.63) is 23.2 Å². The average molecular weight is 325 g/mol. The van der Waals surface area contributed by atoms with Crippen molar-refractivity contribution in [2.24, 2.45) is 0 Å². The summed E-state index contributed by atoms with van der Waals surface area (Å²) in [6, 6.07) is 0.416. The van der Waals surface area contributed by atoms with Gasteiger partial charge >= 0.3 is 0 Å². The third kappa shape index (κ3) is 3.93. The number of aromatic nitrogens is 3. The Hall–Kier alpha value is -1.10. The van der Waals surface area contributed by atoms with Gasteiger partial charge in [0.25, 0.3) is 0 Å². The summed E-state index contributed by atoms with van der Waals surface area (Å²) in [5.74, 6) is 0.849. The van der Waals surface area contributed by atoms with E-state index >= 15 is 0 Å². The zero-order valence-corrected chi connectivity index (χ0v) is 13.2. The van der Waals surface area contributed by atoms with Gasteiger partial charge in [0, 0.05) is 24.6 Å². The van der Waals surface area contributed by atoms with E-state index in [4.69, 9.17) is 0 Å². The van der Waals surface area contributed by atoms with Crippen molar-refractivity contribution in [2.75, 3.05) is 5.32 Å². The highest BCUT2D eigenvalue weighted by Crippen LogP contribution is 2.18. The second kappa shape index (κ2) is 6.89. The molecule has 0 saturated carbocycles. The largest absolute Gasteiger partial charge is 0.364 e. The molecule has 0 bridgehead atoms. The number of imidazole rings is 1. The molecule has 4 nitrogen and oxygen atoms in total. The maximum atomic E-state index is 4.48. The summed E-state index contributed by atoms with van der Waals surface area (Å²) in [6.07, 6.45) is 12.0. The molecule has 0 amide bonds. The van der Waals surface area contributed by atoms with Crippen LogP contribution in [0.3, 0.4) is 0 Å². The van der Waals surface area contributed by atoms with Crippen LogP contribution < -0.4 is 5.32 Å². The van der Waals surface area contributed by atoms with E-state index in [1.54, 1.807) is 6.20 Å². The Balaban J connectivity index is 1.98. The zero-order valence-electron chi connectivity index (χ0n) is 11.6. The van der Waals surface area contributed by atoms with Crippen LogP contribution in [0.5, 0.6) is 0 Å². The molecule has 0 fully saturated rings. The smallest absolute Gasteiger partial charge is 0.180 e. The Labute approximate surface area is 122 Å². The van der Waals surface area contributed by atoms with Crippen molar-refractivity contribution in [3.63, 3.8) is 0 Å². The summed E-state index contributed by atoms with van der Waals surface area (Å²) in [7, 11) is 0. The van der Waals surface area contributed by atoms with E-state index in [9.17, 15) is 0 Å². The Kier molecular flexibility index (Phi) is 5.19. The molecule has 2 rings (SSSR count). The van der Waals surface area contributed by atoms with Gasteiger partial charge in [-0.05, 0) is 29.3 Å². The lowest BCUT2D eigenvalue weighted by Gasteiger charge is -2.15. The predicted molar refractivity (Wildman–Crippen MR) is 82.5 cm³/mol. The lowest BCUT2D eigenvalue weighted by atomic mass is 10.1. The minimum Gasteiger partial charge on any atom is -0.364 e. The Bertz CT molecular complexity index is 523. The third-order valence-electron chi connectivity index (χ3n) is 3.22. The predicted octanol–water partition coefficient (Wildman–Crippen LogP) is 4.26. The van der Waals surface area contributed by atoms with Crippen molar-refractivity contribution in [2.45, 2.75) is 52.0 Å². The normalized spacial score (nSPS) is 12.8. The van der Waals surface area contributed by atoms with E-state index in [2.05, 4.69) is 45.1 Å². The second-order valence-corrected chi connectivity index (χ2v) is 5.78. The molecule has 2 heterocycles. The highest BCUT2D eigenvalue weighted by molar-refractivity contribution is 9.10. The van der Waals surface area contributed by atoms with Crippen LogP contribution in [0.25, 0.3) is 5.65 Å². The van der Waals surface area contributed by atoms with Crippen LogP contribution in [-0.2, 0) is 0 Å². The van der Waals surface area contributed by atoms with E-state index < -0.39 is 0 Å². The summed E-state index contributed by atoms with van der Waals surface area (Å²) < 4.78 is 2.79. The number of hydrogen-bond donors (Lipinski definition) is 1. The van der Waals surface area contributed by atoms with Crippen molar-refractivity contribution in [1.82, 2.24) is 14.4 Å². The molecule has 1 N–H and O–H groups in total. The minimum atomic E-state index is 0.416. The van der Waals surface area contributed by atoms with Crippen LogP contribution in [0.4, 0.5) is 5.82 Å². The zero-order chi connectivity index (χ0) is 13.7. The van der Waals surface area contributed by atoms with Crippen LogP contribution in [0.15, 0.2) is 23.2 Å². The first-order chi connectivity index (χ1) is 9.20. The lowest BCUT2D eigenvalue weighted by molar-refractivity contribution is 0.593. The standard InChI is InChI=1S/C14H21BrN4/c1-3-4-5-6-7-11(2)17-13-14-16-8-9-19(14)10-12(15)18-13/h8-11H,3-7H2,1-2H3,(H,17,18). The SMILES string of the molecule is CCCCCCC(C)Nc1nc(Br)cn2ccnc12. The first kappa shape index (κ1) is 14.3. The summed E-state index contributed by atoms with van der Waals surface area (Å²) in [5.41, 5.74) is 0.878. The topological polar surface area (TPSA) is 42.2 Å². The summed E-state index contributed by atoms with van der Waals surface area (Å²) in [6.45, 7) is 4.44. The van der Waals surface area contributed by atoms with E-state index in [1.165, 1.54) is 32.1 Å². The number of anilines is 1. The molecule has 2 aromatic heterocycles. The highest BCUT2D eigenvalue weighted by atomic mass is 79.9. The Morgan fingerprint density at radius 2 is 2.21 bits per heavy atom. The number of rotatable bonds is 7. The van der Waals surface area contributed by atoms with Crippen LogP contribution >= 0.6 is 15.9 Å². The molecule has 19 heavy (non-hydrogen) atoms. The van der Waals surface area contributed by atoms with E-state index in [0.29, 0.717) is 6.04 Å². The van der Waals surface area contributed by atoms with Crippen LogP contribution in [-0.4, -0.2) is 20.4 Å². The van der Waals surface area contributed by atoms with Gasteiger partial charge in [0.1, 0.15) is 4.60 Å². The molecule has 0 aromatic carbocycles. The number of nitrogens with zero attached hydrogens (tertiary/aromatic N) is 3.